The van der Waals surface area contributed by atoms with Crippen LogP contribution in [0, 0.1) is 0 Å². The SMILES string of the molecule is Oc1ccc2cccc(-c3ccco3)c2c1. The Balaban J connectivity index is 2.36. The van der Waals surface area contributed by atoms with E-state index in [2.05, 4.69) is 0 Å². The summed E-state index contributed by atoms with van der Waals surface area (Å²) < 4.78 is 5.39. The molecule has 0 spiro atoms. The highest BCUT2D eigenvalue weighted by Crippen LogP contribution is 2.30. The molecule has 0 saturated heterocycles. The van der Waals surface area contributed by atoms with Crippen molar-refractivity contribution in [2.45, 2.75) is 0 Å². The molecule has 0 aliphatic rings. The molecule has 0 unspecified atom stereocenters. The second-order valence-electron chi connectivity index (χ2n) is 3.69. The van der Waals surface area contributed by atoms with Crippen LogP contribution in [0.1, 0.15) is 0 Å². The van der Waals surface area contributed by atoms with Crippen molar-refractivity contribution in [3.8, 4) is 17.1 Å². The van der Waals surface area contributed by atoms with Crippen molar-refractivity contribution in [2.75, 3.05) is 0 Å². The third kappa shape index (κ3) is 1.36. The van der Waals surface area contributed by atoms with Gasteiger partial charge in [0, 0.05) is 5.56 Å². The molecule has 2 aromatic carbocycles. The van der Waals surface area contributed by atoms with Crippen molar-refractivity contribution >= 4 is 10.8 Å². The van der Waals surface area contributed by atoms with Crippen molar-refractivity contribution in [1.29, 1.82) is 0 Å². The Labute approximate surface area is 92.8 Å². The van der Waals surface area contributed by atoms with Gasteiger partial charge in [0.25, 0.3) is 0 Å². The largest absolute Gasteiger partial charge is 0.508 e. The molecule has 0 bridgehead atoms. The highest BCUT2D eigenvalue weighted by Gasteiger charge is 2.06. The zero-order valence-electron chi connectivity index (χ0n) is 8.55. The van der Waals surface area contributed by atoms with E-state index in [1.807, 2.05) is 36.4 Å². The number of hydrogen-bond donors (Lipinski definition) is 1. The Morgan fingerprint density at radius 1 is 0.938 bits per heavy atom. The maximum absolute atomic E-state index is 9.52. The van der Waals surface area contributed by atoms with Crippen LogP contribution in [-0.2, 0) is 0 Å². The number of benzene rings is 2. The Hall–Kier alpha value is -2.22. The molecule has 0 atom stereocenters. The standard InChI is InChI=1S/C14H10O2/c15-11-7-6-10-3-1-4-12(13(10)9-11)14-5-2-8-16-14/h1-9,15H. The van der Waals surface area contributed by atoms with Crippen LogP contribution in [-0.4, -0.2) is 5.11 Å². The predicted molar refractivity (Wildman–Crippen MR) is 63.3 cm³/mol. The predicted octanol–water partition coefficient (Wildman–Crippen LogP) is 3.81. The van der Waals surface area contributed by atoms with Gasteiger partial charge >= 0.3 is 0 Å². The summed E-state index contributed by atoms with van der Waals surface area (Å²) in [4.78, 5) is 0. The second-order valence-corrected chi connectivity index (χ2v) is 3.69. The highest BCUT2D eigenvalue weighted by molar-refractivity contribution is 5.96. The van der Waals surface area contributed by atoms with Crippen molar-refractivity contribution in [2.24, 2.45) is 0 Å². The van der Waals surface area contributed by atoms with E-state index in [0.717, 1.165) is 22.1 Å². The summed E-state index contributed by atoms with van der Waals surface area (Å²) in [6, 6.07) is 15.1. The number of fused-ring (bicyclic) bond motifs is 1. The zero-order chi connectivity index (χ0) is 11.0. The van der Waals surface area contributed by atoms with Crippen LogP contribution < -0.4 is 0 Å². The fourth-order valence-electron chi connectivity index (χ4n) is 1.91. The van der Waals surface area contributed by atoms with E-state index in [4.69, 9.17) is 4.42 Å². The van der Waals surface area contributed by atoms with Crippen molar-refractivity contribution < 1.29 is 9.52 Å². The Bertz CT molecular complexity index is 624. The number of furan rings is 1. The molecule has 0 amide bonds. The molecule has 78 valence electrons. The molecule has 0 radical (unpaired) electrons. The summed E-state index contributed by atoms with van der Waals surface area (Å²) >= 11 is 0. The van der Waals surface area contributed by atoms with Gasteiger partial charge in [-0.15, -0.1) is 0 Å². The number of phenolic OH excluding ortho intramolecular Hbond substituents is 1. The lowest BCUT2D eigenvalue weighted by Crippen LogP contribution is -1.78. The van der Waals surface area contributed by atoms with E-state index in [1.54, 1.807) is 18.4 Å². The maximum Gasteiger partial charge on any atom is 0.134 e. The number of aromatic hydroxyl groups is 1. The summed E-state index contributed by atoms with van der Waals surface area (Å²) in [6.45, 7) is 0. The van der Waals surface area contributed by atoms with Crippen LogP contribution in [0.2, 0.25) is 0 Å². The molecule has 2 nitrogen and oxygen atoms in total. The number of hydrogen-bond acceptors (Lipinski definition) is 2. The lowest BCUT2D eigenvalue weighted by Gasteiger charge is -2.04. The number of rotatable bonds is 1. The first-order valence-corrected chi connectivity index (χ1v) is 5.10. The minimum atomic E-state index is 0.270. The van der Waals surface area contributed by atoms with E-state index in [9.17, 15) is 5.11 Å². The second kappa shape index (κ2) is 3.42. The van der Waals surface area contributed by atoms with Crippen LogP contribution >= 0.6 is 0 Å². The molecule has 0 fully saturated rings. The summed E-state index contributed by atoms with van der Waals surface area (Å²) in [5.74, 6) is 1.09. The van der Waals surface area contributed by atoms with E-state index in [1.165, 1.54) is 0 Å². The molecule has 0 aliphatic carbocycles. The van der Waals surface area contributed by atoms with Crippen molar-refractivity contribution in [3.05, 3.63) is 54.8 Å². The third-order valence-corrected chi connectivity index (χ3v) is 2.65. The van der Waals surface area contributed by atoms with Gasteiger partial charge in [-0.25, -0.2) is 0 Å². The Kier molecular flexibility index (Phi) is 1.93. The fourth-order valence-corrected chi connectivity index (χ4v) is 1.91. The van der Waals surface area contributed by atoms with Gasteiger partial charge in [0.2, 0.25) is 0 Å². The van der Waals surface area contributed by atoms with Gasteiger partial charge in [-0.3, -0.25) is 0 Å². The average Bonchev–Trinajstić information content (AvgIpc) is 2.81. The van der Waals surface area contributed by atoms with E-state index in [-0.39, 0.29) is 5.75 Å². The minimum absolute atomic E-state index is 0.270. The quantitative estimate of drug-likeness (QED) is 0.662. The van der Waals surface area contributed by atoms with Crippen LogP contribution in [0.5, 0.6) is 5.75 Å². The molecule has 16 heavy (non-hydrogen) atoms. The fraction of sp³-hybridized carbons (Fsp3) is 0. The first-order valence-electron chi connectivity index (χ1n) is 5.10. The van der Waals surface area contributed by atoms with Crippen LogP contribution in [0.3, 0.4) is 0 Å². The molecule has 2 heteroatoms. The van der Waals surface area contributed by atoms with Gasteiger partial charge < -0.3 is 9.52 Å². The van der Waals surface area contributed by atoms with Gasteiger partial charge in [-0.05, 0) is 35.0 Å². The maximum atomic E-state index is 9.52. The lowest BCUT2D eigenvalue weighted by molar-refractivity contribution is 0.476. The first-order chi connectivity index (χ1) is 7.84. The normalized spacial score (nSPS) is 10.8. The van der Waals surface area contributed by atoms with Crippen molar-refractivity contribution in [1.82, 2.24) is 0 Å². The molecule has 0 saturated carbocycles. The van der Waals surface area contributed by atoms with Crippen LogP contribution in [0.25, 0.3) is 22.1 Å². The number of phenols is 1. The van der Waals surface area contributed by atoms with Crippen molar-refractivity contribution in [3.63, 3.8) is 0 Å². The molecule has 1 heterocycles. The first kappa shape index (κ1) is 9.04. The van der Waals surface area contributed by atoms with E-state index in [0.29, 0.717) is 0 Å². The molecule has 1 N–H and O–H groups in total. The van der Waals surface area contributed by atoms with Gasteiger partial charge in [-0.2, -0.15) is 0 Å². The zero-order valence-corrected chi connectivity index (χ0v) is 8.55. The average molecular weight is 210 g/mol. The monoisotopic (exact) mass is 210 g/mol. The molecular weight excluding hydrogens is 200 g/mol. The van der Waals surface area contributed by atoms with E-state index >= 15 is 0 Å². The molecule has 0 aliphatic heterocycles. The molecular formula is C14H10O2. The molecule has 1 aromatic heterocycles. The lowest BCUT2D eigenvalue weighted by atomic mass is 10.0. The van der Waals surface area contributed by atoms with Gasteiger partial charge in [0.05, 0.1) is 6.26 Å². The van der Waals surface area contributed by atoms with Gasteiger partial charge in [-0.1, -0.05) is 24.3 Å². The van der Waals surface area contributed by atoms with Gasteiger partial charge in [0.1, 0.15) is 11.5 Å². The van der Waals surface area contributed by atoms with Crippen LogP contribution in [0.15, 0.2) is 59.2 Å². The molecule has 3 aromatic rings. The summed E-state index contributed by atoms with van der Waals surface area (Å²) in [5.41, 5.74) is 0.999. The van der Waals surface area contributed by atoms with Gasteiger partial charge in [0.15, 0.2) is 0 Å². The van der Waals surface area contributed by atoms with E-state index < -0.39 is 0 Å². The summed E-state index contributed by atoms with van der Waals surface area (Å²) in [5, 5.41) is 11.6. The minimum Gasteiger partial charge on any atom is -0.508 e. The smallest absolute Gasteiger partial charge is 0.134 e. The summed E-state index contributed by atoms with van der Waals surface area (Å²) in [7, 11) is 0. The Morgan fingerprint density at radius 3 is 2.69 bits per heavy atom. The third-order valence-electron chi connectivity index (χ3n) is 2.65. The van der Waals surface area contributed by atoms with Crippen LogP contribution in [0.4, 0.5) is 0 Å². The summed E-state index contributed by atoms with van der Waals surface area (Å²) in [6.07, 6.45) is 1.65. The molecule has 3 rings (SSSR count). The topological polar surface area (TPSA) is 33.4 Å². The highest BCUT2D eigenvalue weighted by atomic mass is 16.3. The Morgan fingerprint density at radius 2 is 1.88 bits per heavy atom.